The van der Waals surface area contributed by atoms with Crippen molar-refractivity contribution < 1.29 is 14.4 Å². The molecular formula is C8H10N2O3. The van der Waals surface area contributed by atoms with Crippen molar-refractivity contribution in [1.29, 1.82) is 0 Å². The van der Waals surface area contributed by atoms with Gasteiger partial charge in [-0.05, 0) is 12.8 Å². The lowest BCUT2D eigenvalue weighted by molar-refractivity contribution is 0.0693. The van der Waals surface area contributed by atoms with Gasteiger partial charge in [0, 0.05) is 5.92 Å². The quantitative estimate of drug-likeness (QED) is 0.717. The number of carboxylic acid groups (broad SMARTS) is 1. The Balaban J connectivity index is 2.38. The van der Waals surface area contributed by atoms with E-state index in [0.29, 0.717) is 5.76 Å². The van der Waals surface area contributed by atoms with E-state index >= 15 is 0 Å². The summed E-state index contributed by atoms with van der Waals surface area (Å²) in [5, 5.41) is 12.3. The van der Waals surface area contributed by atoms with Crippen LogP contribution in [0.3, 0.4) is 0 Å². The zero-order valence-electron chi connectivity index (χ0n) is 6.99. The van der Waals surface area contributed by atoms with Crippen molar-refractivity contribution in [1.82, 2.24) is 5.16 Å². The number of nitrogen functional groups attached to an aromatic ring is 1. The van der Waals surface area contributed by atoms with Gasteiger partial charge in [-0.1, -0.05) is 11.6 Å². The number of hydrogen-bond donors (Lipinski definition) is 2. The lowest BCUT2D eigenvalue weighted by Crippen LogP contribution is -2.12. The highest BCUT2D eigenvalue weighted by Crippen LogP contribution is 2.39. The largest absolute Gasteiger partial charge is 0.477 e. The normalized spacial score (nSPS) is 16.9. The van der Waals surface area contributed by atoms with Gasteiger partial charge in [-0.3, -0.25) is 0 Å². The van der Waals surface area contributed by atoms with Crippen molar-refractivity contribution >= 4 is 11.8 Å². The van der Waals surface area contributed by atoms with Crippen LogP contribution in [0.4, 0.5) is 5.82 Å². The van der Waals surface area contributed by atoms with Crippen molar-refractivity contribution in [3.63, 3.8) is 0 Å². The van der Waals surface area contributed by atoms with E-state index in [-0.39, 0.29) is 17.3 Å². The average molecular weight is 182 g/mol. The molecule has 1 aliphatic rings. The fourth-order valence-corrected chi connectivity index (χ4v) is 1.48. The number of hydrogen-bond acceptors (Lipinski definition) is 4. The fourth-order valence-electron chi connectivity index (χ4n) is 1.48. The van der Waals surface area contributed by atoms with Crippen LogP contribution in [0.2, 0.25) is 0 Å². The van der Waals surface area contributed by atoms with Crippen LogP contribution in [0, 0.1) is 0 Å². The first-order valence-electron chi connectivity index (χ1n) is 4.18. The highest BCUT2D eigenvalue weighted by atomic mass is 16.5. The number of nitrogens with two attached hydrogens (primary N) is 1. The maximum absolute atomic E-state index is 10.8. The molecule has 1 fully saturated rings. The molecule has 0 aliphatic heterocycles. The maximum atomic E-state index is 10.8. The van der Waals surface area contributed by atoms with Gasteiger partial charge < -0.3 is 15.4 Å². The van der Waals surface area contributed by atoms with Gasteiger partial charge in [0.25, 0.3) is 0 Å². The number of anilines is 1. The predicted molar refractivity (Wildman–Crippen MR) is 44.5 cm³/mol. The van der Waals surface area contributed by atoms with E-state index in [1.807, 2.05) is 0 Å². The Kier molecular flexibility index (Phi) is 1.72. The monoisotopic (exact) mass is 182 g/mol. The Morgan fingerprint density at radius 2 is 2.31 bits per heavy atom. The third kappa shape index (κ3) is 1.16. The smallest absolute Gasteiger partial charge is 0.343 e. The maximum Gasteiger partial charge on any atom is 0.343 e. The minimum atomic E-state index is -1.05. The van der Waals surface area contributed by atoms with Crippen LogP contribution >= 0.6 is 0 Å². The van der Waals surface area contributed by atoms with Crippen LogP contribution in [-0.2, 0) is 0 Å². The highest BCUT2D eigenvalue weighted by molar-refractivity contribution is 5.93. The van der Waals surface area contributed by atoms with E-state index in [2.05, 4.69) is 5.16 Å². The zero-order chi connectivity index (χ0) is 9.42. The molecule has 0 aromatic carbocycles. The molecule has 0 amide bonds. The van der Waals surface area contributed by atoms with Gasteiger partial charge in [0.05, 0.1) is 0 Å². The summed E-state index contributed by atoms with van der Waals surface area (Å²) in [6, 6.07) is 0. The molecule has 0 unspecified atom stereocenters. The number of carboxylic acids is 1. The molecule has 1 aromatic heterocycles. The van der Waals surface area contributed by atoms with E-state index in [1.54, 1.807) is 0 Å². The van der Waals surface area contributed by atoms with Crippen LogP contribution in [0.1, 0.15) is 41.3 Å². The molecule has 5 heteroatoms. The zero-order valence-corrected chi connectivity index (χ0v) is 6.99. The average Bonchev–Trinajstić information content (AvgIpc) is 2.28. The molecule has 70 valence electrons. The van der Waals surface area contributed by atoms with Crippen LogP contribution in [-0.4, -0.2) is 16.2 Å². The van der Waals surface area contributed by atoms with Gasteiger partial charge in [-0.15, -0.1) is 0 Å². The van der Waals surface area contributed by atoms with Gasteiger partial charge in [0.1, 0.15) is 5.56 Å². The molecule has 0 radical (unpaired) electrons. The van der Waals surface area contributed by atoms with Gasteiger partial charge in [0.15, 0.2) is 11.6 Å². The molecule has 1 aliphatic carbocycles. The van der Waals surface area contributed by atoms with Gasteiger partial charge in [-0.2, -0.15) is 0 Å². The Morgan fingerprint density at radius 3 is 2.77 bits per heavy atom. The van der Waals surface area contributed by atoms with Gasteiger partial charge in [-0.25, -0.2) is 4.79 Å². The number of rotatable bonds is 2. The highest BCUT2D eigenvalue weighted by Gasteiger charge is 2.31. The summed E-state index contributed by atoms with van der Waals surface area (Å²) in [7, 11) is 0. The number of aromatic carboxylic acids is 1. The lowest BCUT2D eigenvalue weighted by atomic mass is 9.82. The summed E-state index contributed by atoms with van der Waals surface area (Å²) in [5.74, 6) is -0.429. The summed E-state index contributed by atoms with van der Waals surface area (Å²) in [5.41, 5.74) is 5.42. The van der Waals surface area contributed by atoms with Gasteiger partial charge >= 0.3 is 5.97 Å². The third-order valence-corrected chi connectivity index (χ3v) is 2.43. The van der Waals surface area contributed by atoms with Crippen molar-refractivity contribution in [2.75, 3.05) is 5.73 Å². The van der Waals surface area contributed by atoms with E-state index in [4.69, 9.17) is 15.4 Å². The summed E-state index contributed by atoms with van der Waals surface area (Å²) < 4.78 is 4.90. The molecule has 13 heavy (non-hydrogen) atoms. The topological polar surface area (TPSA) is 89.4 Å². The minimum Gasteiger partial charge on any atom is -0.477 e. The fraction of sp³-hybridized carbons (Fsp3) is 0.500. The molecule has 5 nitrogen and oxygen atoms in total. The van der Waals surface area contributed by atoms with E-state index in [9.17, 15) is 4.79 Å². The third-order valence-electron chi connectivity index (χ3n) is 2.43. The first kappa shape index (κ1) is 8.10. The Bertz CT molecular complexity index is 341. The van der Waals surface area contributed by atoms with Crippen LogP contribution in [0.15, 0.2) is 4.52 Å². The van der Waals surface area contributed by atoms with Crippen molar-refractivity contribution in [2.45, 2.75) is 25.2 Å². The number of carbonyl (C=O) groups is 1. The summed E-state index contributed by atoms with van der Waals surface area (Å²) in [6.45, 7) is 0. The van der Waals surface area contributed by atoms with Crippen LogP contribution < -0.4 is 5.73 Å². The second-order valence-electron chi connectivity index (χ2n) is 3.24. The lowest BCUT2D eigenvalue weighted by Gasteiger charge is -2.22. The first-order chi connectivity index (χ1) is 6.20. The van der Waals surface area contributed by atoms with E-state index < -0.39 is 5.97 Å². The SMILES string of the molecule is Nc1noc(C2CCC2)c1C(=O)O. The number of aromatic nitrogens is 1. The summed E-state index contributed by atoms with van der Waals surface area (Å²) in [6.07, 6.45) is 3.05. The van der Waals surface area contributed by atoms with E-state index in [1.165, 1.54) is 0 Å². The summed E-state index contributed by atoms with van der Waals surface area (Å²) >= 11 is 0. The van der Waals surface area contributed by atoms with Crippen LogP contribution in [0.25, 0.3) is 0 Å². The first-order valence-corrected chi connectivity index (χ1v) is 4.18. The van der Waals surface area contributed by atoms with Crippen molar-refractivity contribution in [2.24, 2.45) is 0 Å². The molecule has 2 rings (SSSR count). The summed E-state index contributed by atoms with van der Waals surface area (Å²) in [4.78, 5) is 10.8. The molecule has 1 heterocycles. The minimum absolute atomic E-state index is 0.0191. The van der Waals surface area contributed by atoms with Crippen molar-refractivity contribution in [3.05, 3.63) is 11.3 Å². The second kappa shape index (κ2) is 2.76. The molecule has 3 N–H and O–H groups in total. The Morgan fingerprint density at radius 1 is 1.62 bits per heavy atom. The van der Waals surface area contributed by atoms with Crippen LogP contribution in [0.5, 0.6) is 0 Å². The second-order valence-corrected chi connectivity index (χ2v) is 3.24. The molecule has 1 aromatic rings. The number of nitrogens with zero attached hydrogens (tertiary/aromatic N) is 1. The van der Waals surface area contributed by atoms with E-state index in [0.717, 1.165) is 19.3 Å². The predicted octanol–water partition coefficient (Wildman–Crippen LogP) is 1.22. The molecule has 0 saturated heterocycles. The molecule has 0 atom stereocenters. The Labute approximate surface area is 74.5 Å². The Hall–Kier alpha value is -1.52. The molecule has 0 bridgehead atoms. The molecule has 1 saturated carbocycles. The molecule has 0 spiro atoms. The standard InChI is InChI=1S/C8H10N2O3/c9-7-5(8(11)12)6(13-10-7)4-2-1-3-4/h4H,1-3H2,(H2,9,10)(H,11,12). The van der Waals surface area contributed by atoms with Crippen molar-refractivity contribution in [3.8, 4) is 0 Å². The molecular weight excluding hydrogens is 172 g/mol. The van der Waals surface area contributed by atoms with Gasteiger partial charge in [0.2, 0.25) is 0 Å².